The smallest absolute Gasteiger partial charge is 0.169 e. The van der Waals surface area contributed by atoms with Gasteiger partial charge in [-0.3, -0.25) is 4.79 Å². The van der Waals surface area contributed by atoms with Crippen molar-refractivity contribution in [2.24, 2.45) is 7.05 Å². The Hall–Kier alpha value is -2.60. The average molecular weight is 322 g/mol. The fraction of sp³-hybridized carbons (Fsp3) is 0.333. The number of carbonyl (C=O) groups excluding carboxylic acids is 1. The normalized spacial score (nSPS) is 17.5. The molecule has 0 radical (unpaired) electrons. The number of benzene rings is 1. The zero-order valence-electron chi connectivity index (χ0n) is 13.5. The van der Waals surface area contributed by atoms with Crippen LogP contribution in [0.1, 0.15) is 18.7 Å². The Labute approximate surface area is 139 Å². The van der Waals surface area contributed by atoms with Gasteiger partial charge in [-0.15, -0.1) is 0 Å². The summed E-state index contributed by atoms with van der Waals surface area (Å²) in [6.07, 6.45) is 7.05. The predicted molar refractivity (Wildman–Crippen MR) is 89.4 cm³/mol. The lowest BCUT2D eigenvalue weighted by molar-refractivity contribution is -0.127. The highest BCUT2D eigenvalue weighted by molar-refractivity contribution is 5.86. The molecule has 1 aliphatic rings. The van der Waals surface area contributed by atoms with Crippen LogP contribution in [0.5, 0.6) is 0 Å². The molecule has 0 N–H and O–H groups in total. The number of Topliss-reactive ketones (excluding diaryl/α,β-unsaturated/α-hetero) is 1. The van der Waals surface area contributed by atoms with Crippen LogP contribution in [0.25, 0.3) is 22.2 Å². The van der Waals surface area contributed by atoms with Crippen molar-refractivity contribution in [3.8, 4) is 11.3 Å². The zero-order chi connectivity index (χ0) is 16.5. The molecule has 0 saturated carbocycles. The molecule has 0 bridgehead atoms. The molecule has 2 aromatic heterocycles. The molecule has 1 saturated heterocycles. The van der Waals surface area contributed by atoms with Crippen LogP contribution >= 0.6 is 0 Å². The Morgan fingerprint density at radius 3 is 3.04 bits per heavy atom. The molecule has 122 valence electrons. The monoisotopic (exact) mass is 322 g/mol. The summed E-state index contributed by atoms with van der Waals surface area (Å²) >= 11 is 0. The summed E-state index contributed by atoms with van der Waals surface area (Å²) < 4.78 is 7.40. The number of aryl methyl sites for hydroxylation is 1. The van der Waals surface area contributed by atoms with E-state index in [0.717, 1.165) is 35.0 Å². The fourth-order valence-corrected chi connectivity index (χ4v) is 3.04. The standard InChI is InChI=1S/C18H18N4O2/c1-22-11-19-10-15(22)12-4-5-13-9-20-18(21-14(13)7-12)8-16(23)17-3-2-6-24-17/h4-5,7,9-11,17H,2-3,6,8H2,1H3/t17-/m1/s1. The van der Waals surface area contributed by atoms with Crippen molar-refractivity contribution in [2.45, 2.75) is 25.4 Å². The molecule has 4 rings (SSSR count). The zero-order valence-corrected chi connectivity index (χ0v) is 13.5. The summed E-state index contributed by atoms with van der Waals surface area (Å²) in [5.74, 6) is 0.611. The molecule has 3 aromatic rings. The van der Waals surface area contributed by atoms with Gasteiger partial charge in [-0.2, -0.15) is 0 Å². The van der Waals surface area contributed by atoms with Crippen LogP contribution < -0.4 is 0 Å². The molecule has 0 aliphatic carbocycles. The summed E-state index contributed by atoms with van der Waals surface area (Å²) in [6.45, 7) is 0.670. The van der Waals surface area contributed by atoms with Gasteiger partial charge in [-0.1, -0.05) is 12.1 Å². The van der Waals surface area contributed by atoms with E-state index < -0.39 is 0 Å². The summed E-state index contributed by atoms with van der Waals surface area (Å²) in [5.41, 5.74) is 2.89. The first-order valence-corrected chi connectivity index (χ1v) is 8.07. The lowest BCUT2D eigenvalue weighted by atomic mass is 10.1. The van der Waals surface area contributed by atoms with Crippen LogP contribution in [0.15, 0.2) is 36.9 Å². The van der Waals surface area contributed by atoms with E-state index in [2.05, 4.69) is 15.0 Å². The molecule has 1 aliphatic heterocycles. The maximum Gasteiger partial charge on any atom is 0.169 e. The van der Waals surface area contributed by atoms with E-state index in [1.54, 1.807) is 12.5 Å². The number of ketones is 1. The van der Waals surface area contributed by atoms with Crippen molar-refractivity contribution in [3.63, 3.8) is 0 Å². The van der Waals surface area contributed by atoms with Crippen molar-refractivity contribution in [1.29, 1.82) is 0 Å². The van der Waals surface area contributed by atoms with Crippen LogP contribution in [0.4, 0.5) is 0 Å². The minimum absolute atomic E-state index is 0.0645. The van der Waals surface area contributed by atoms with Crippen molar-refractivity contribution >= 4 is 16.7 Å². The number of imidazole rings is 1. The molecule has 6 nitrogen and oxygen atoms in total. The lowest BCUT2D eigenvalue weighted by Crippen LogP contribution is -2.22. The Kier molecular flexibility index (Phi) is 3.82. The molecule has 0 amide bonds. The van der Waals surface area contributed by atoms with Crippen molar-refractivity contribution in [3.05, 3.63) is 42.7 Å². The second kappa shape index (κ2) is 6.13. The van der Waals surface area contributed by atoms with Crippen LogP contribution in [-0.2, 0) is 23.0 Å². The van der Waals surface area contributed by atoms with Gasteiger partial charge in [-0.25, -0.2) is 15.0 Å². The van der Waals surface area contributed by atoms with Gasteiger partial charge < -0.3 is 9.30 Å². The van der Waals surface area contributed by atoms with Crippen LogP contribution in [0, 0.1) is 0 Å². The van der Waals surface area contributed by atoms with Gasteiger partial charge in [0.2, 0.25) is 0 Å². The van der Waals surface area contributed by atoms with Crippen LogP contribution in [-0.4, -0.2) is 38.0 Å². The molecule has 24 heavy (non-hydrogen) atoms. The maximum atomic E-state index is 12.2. The number of ether oxygens (including phenoxy) is 1. The fourth-order valence-electron chi connectivity index (χ4n) is 3.04. The van der Waals surface area contributed by atoms with Crippen molar-refractivity contribution < 1.29 is 9.53 Å². The second-order valence-electron chi connectivity index (χ2n) is 6.09. The minimum atomic E-state index is -0.287. The maximum absolute atomic E-state index is 12.2. The largest absolute Gasteiger partial charge is 0.370 e. The molecule has 1 atom stereocenters. The van der Waals surface area contributed by atoms with Crippen molar-refractivity contribution in [2.75, 3.05) is 6.61 Å². The Bertz CT molecular complexity index is 897. The SMILES string of the molecule is Cn1cncc1-c1ccc2cnc(CC(=O)[C@H]3CCCO3)nc2c1. The summed E-state index contributed by atoms with van der Waals surface area (Å²) in [4.78, 5) is 25.3. The molecular formula is C18H18N4O2. The Morgan fingerprint density at radius 1 is 1.38 bits per heavy atom. The number of rotatable bonds is 4. The first-order chi connectivity index (χ1) is 11.7. The average Bonchev–Trinajstić information content (AvgIpc) is 3.25. The van der Waals surface area contributed by atoms with Crippen LogP contribution in [0.3, 0.4) is 0 Å². The minimum Gasteiger partial charge on any atom is -0.370 e. The number of aromatic nitrogens is 4. The molecule has 0 unspecified atom stereocenters. The van der Waals surface area contributed by atoms with E-state index in [0.29, 0.717) is 12.4 Å². The third-order valence-corrected chi connectivity index (χ3v) is 4.37. The number of hydrogen-bond acceptors (Lipinski definition) is 5. The van der Waals surface area contributed by atoms with Gasteiger partial charge in [0.05, 0.1) is 30.2 Å². The lowest BCUT2D eigenvalue weighted by Gasteiger charge is -2.08. The quantitative estimate of drug-likeness (QED) is 0.737. The van der Waals surface area contributed by atoms with Gasteiger partial charge in [0.1, 0.15) is 11.9 Å². The number of nitrogens with zero attached hydrogens (tertiary/aromatic N) is 4. The third kappa shape index (κ3) is 2.80. The topological polar surface area (TPSA) is 69.9 Å². The summed E-state index contributed by atoms with van der Waals surface area (Å²) in [6, 6.07) is 6.03. The van der Waals surface area contributed by atoms with Gasteiger partial charge in [0, 0.05) is 30.8 Å². The predicted octanol–water partition coefficient (Wildman–Crippen LogP) is 2.32. The molecule has 1 fully saturated rings. The number of fused-ring (bicyclic) bond motifs is 1. The molecule has 1 aromatic carbocycles. The molecule has 0 spiro atoms. The van der Waals surface area contributed by atoms with Gasteiger partial charge >= 0.3 is 0 Å². The first kappa shape index (κ1) is 15.0. The van der Waals surface area contributed by atoms with E-state index in [9.17, 15) is 4.79 Å². The Morgan fingerprint density at radius 2 is 2.29 bits per heavy atom. The molecular weight excluding hydrogens is 304 g/mol. The van der Waals surface area contributed by atoms with E-state index in [1.807, 2.05) is 36.0 Å². The summed E-state index contributed by atoms with van der Waals surface area (Å²) in [7, 11) is 1.96. The van der Waals surface area contributed by atoms with Gasteiger partial charge in [0.15, 0.2) is 5.78 Å². The highest BCUT2D eigenvalue weighted by Crippen LogP contribution is 2.23. The van der Waals surface area contributed by atoms with Gasteiger partial charge in [0.25, 0.3) is 0 Å². The van der Waals surface area contributed by atoms with E-state index >= 15 is 0 Å². The summed E-state index contributed by atoms with van der Waals surface area (Å²) in [5, 5.41) is 0.953. The highest BCUT2D eigenvalue weighted by atomic mass is 16.5. The number of carbonyl (C=O) groups is 1. The number of hydrogen-bond donors (Lipinski definition) is 0. The third-order valence-electron chi connectivity index (χ3n) is 4.37. The van der Waals surface area contributed by atoms with Crippen molar-refractivity contribution in [1.82, 2.24) is 19.5 Å². The molecule has 3 heterocycles. The highest BCUT2D eigenvalue weighted by Gasteiger charge is 2.24. The van der Waals surface area contributed by atoms with Crippen LogP contribution in [0.2, 0.25) is 0 Å². The second-order valence-corrected chi connectivity index (χ2v) is 6.09. The Balaban J connectivity index is 1.64. The van der Waals surface area contributed by atoms with E-state index in [4.69, 9.17) is 4.74 Å². The molecule has 6 heteroatoms. The van der Waals surface area contributed by atoms with E-state index in [-0.39, 0.29) is 18.3 Å². The van der Waals surface area contributed by atoms with Gasteiger partial charge in [-0.05, 0) is 18.9 Å². The van der Waals surface area contributed by atoms with E-state index in [1.165, 1.54) is 0 Å². The first-order valence-electron chi connectivity index (χ1n) is 8.07.